The van der Waals surface area contributed by atoms with Gasteiger partial charge in [-0.15, -0.1) is 0 Å². The fourth-order valence-corrected chi connectivity index (χ4v) is 3.48. The number of halogens is 3. The lowest BCUT2D eigenvalue weighted by molar-refractivity contribution is 0.143. The second-order valence-corrected chi connectivity index (χ2v) is 7.57. The molecule has 3 amide bonds. The molecule has 0 saturated carbocycles. The van der Waals surface area contributed by atoms with Gasteiger partial charge in [-0.05, 0) is 37.6 Å². The molecule has 9 nitrogen and oxygen atoms in total. The molecule has 3 rings (SSSR count). The van der Waals surface area contributed by atoms with Crippen LogP contribution in [0.3, 0.4) is 0 Å². The maximum atomic E-state index is 15.0. The molecule has 33 heavy (non-hydrogen) atoms. The quantitative estimate of drug-likeness (QED) is 0.472. The number of hydrogen-bond donors (Lipinski definition) is 3. The van der Waals surface area contributed by atoms with E-state index in [1.54, 1.807) is 20.2 Å². The van der Waals surface area contributed by atoms with Gasteiger partial charge < -0.3 is 10.4 Å². The lowest BCUT2D eigenvalue weighted by Crippen LogP contribution is -2.50. The van der Waals surface area contributed by atoms with E-state index >= 15 is 0 Å². The number of carbonyl (C=O) groups is 2. The normalized spacial score (nSPS) is 11.7. The number of hydrazine groups is 1. The van der Waals surface area contributed by atoms with E-state index in [0.29, 0.717) is 11.1 Å². The number of carbonyl (C=O) groups excluding carboxylic acids is 1. The van der Waals surface area contributed by atoms with E-state index in [2.05, 4.69) is 15.4 Å². The molecule has 1 aromatic carbocycles. The number of nitrogens with one attached hydrogen (secondary N) is 2. The van der Waals surface area contributed by atoms with Crippen molar-refractivity contribution in [3.63, 3.8) is 0 Å². The number of carboxylic acid groups (broad SMARTS) is 1. The summed E-state index contributed by atoms with van der Waals surface area (Å²) in [6.45, 7) is 3.12. The van der Waals surface area contributed by atoms with Crippen molar-refractivity contribution in [3.8, 4) is 22.3 Å². The summed E-state index contributed by atoms with van der Waals surface area (Å²) in [5.74, 6) is -1.34. The molecule has 2 heterocycles. The fourth-order valence-electron chi connectivity index (χ4n) is 3.28. The highest BCUT2D eigenvalue weighted by Gasteiger charge is 2.22. The minimum Gasteiger partial charge on any atom is -0.464 e. The van der Waals surface area contributed by atoms with Crippen LogP contribution in [0.5, 0.6) is 0 Å². The summed E-state index contributed by atoms with van der Waals surface area (Å²) in [5.41, 5.74) is 3.13. The van der Waals surface area contributed by atoms with Gasteiger partial charge in [0.1, 0.15) is 11.6 Å². The molecule has 1 unspecified atom stereocenters. The third-order valence-corrected chi connectivity index (χ3v) is 4.99. The molecule has 0 saturated heterocycles. The first-order valence-electron chi connectivity index (χ1n) is 9.82. The van der Waals surface area contributed by atoms with Gasteiger partial charge in [0.05, 0.1) is 17.9 Å². The second kappa shape index (κ2) is 9.82. The number of aryl methyl sites for hydroxylation is 1. The smallest absolute Gasteiger partial charge is 0.423 e. The summed E-state index contributed by atoms with van der Waals surface area (Å²) in [7, 11) is 1.69. The van der Waals surface area contributed by atoms with E-state index in [1.807, 2.05) is 5.43 Å². The Bertz CT molecular complexity index is 1200. The van der Waals surface area contributed by atoms with E-state index in [0.717, 1.165) is 11.1 Å². The summed E-state index contributed by atoms with van der Waals surface area (Å²) < 4.78 is 31.3. The molecule has 174 valence electrons. The molecule has 0 aliphatic rings. The van der Waals surface area contributed by atoms with Crippen LogP contribution < -0.4 is 10.7 Å². The first-order valence-corrected chi connectivity index (χ1v) is 10.2. The monoisotopic (exact) mass is 478 g/mol. The highest BCUT2D eigenvalue weighted by atomic mass is 35.5. The maximum Gasteiger partial charge on any atom is 0.423 e. The second-order valence-electron chi connectivity index (χ2n) is 7.14. The minimum atomic E-state index is -1.41. The third-order valence-electron chi connectivity index (χ3n) is 4.77. The zero-order valence-corrected chi connectivity index (χ0v) is 18.7. The Morgan fingerprint density at radius 3 is 2.52 bits per heavy atom. The van der Waals surface area contributed by atoms with E-state index in [9.17, 15) is 18.4 Å². The van der Waals surface area contributed by atoms with E-state index in [-0.39, 0.29) is 28.4 Å². The Morgan fingerprint density at radius 1 is 1.21 bits per heavy atom. The Balaban J connectivity index is 1.93. The van der Waals surface area contributed by atoms with Crippen molar-refractivity contribution in [2.75, 3.05) is 6.54 Å². The zero-order valence-electron chi connectivity index (χ0n) is 17.9. The van der Waals surface area contributed by atoms with E-state index in [4.69, 9.17) is 16.7 Å². The largest absolute Gasteiger partial charge is 0.464 e. The summed E-state index contributed by atoms with van der Waals surface area (Å²) in [4.78, 5) is 27.2. The number of benzene rings is 1. The molecular formula is C21H21ClF2N6O3. The molecule has 0 spiro atoms. The van der Waals surface area contributed by atoms with Crippen LogP contribution in [-0.2, 0) is 7.05 Å². The maximum absolute atomic E-state index is 15.0. The number of pyridine rings is 1. The number of rotatable bonds is 5. The number of nitrogens with zero attached hydrogens (tertiary/aromatic N) is 4. The number of urea groups is 1. The predicted molar refractivity (Wildman–Crippen MR) is 117 cm³/mol. The highest BCUT2D eigenvalue weighted by Crippen LogP contribution is 2.37. The van der Waals surface area contributed by atoms with Gasteiger partial charge in [0, 0.05) is 47.7 Å². The van der Waals surface area contributed by atoms with Gasteiger partial charge in [-0.1, -0.05) is 11.6 Å². The van der Waals surface area contributed by atoms with Gasteiger partial charge in [-0.3, -0.25) is 9.67 Å². The van der Waals surface area contributed by atoms with Crippen LogP contribution >= 0.6 is 11.6 Å². The molecule has 0 fully saturated rings. The first-order chi connectivity index (χ1) is 15.6. The molecule has 0 aliphatic carbocycles. The van der Waals surface area contributed by atoms with Crippen LogP contribution in [-0.4, -0.2) is 43.5 Å². The van der Waals surface area contributed by atoms with Crippen LogP contribution in [0.2, 0.25) is 5.02 Å². The Labute approximate surface area is 193 Å². The highest BCUT2D eigenvalue weighted by molar-refractivity contribution is 6.31. The van der Waals surface area contributed by atoms with Gasteiger partial charge in [0.2, 0.25) is 0 Å². The van der Waals surface area contributed by atoms with Crippen molar-refractivity contribution in [2.45, 2.75) is 19.9 Å². The lowest BCUT2D eigenvalue weighted by Gasteiger charge is -2.23. The van der Waals surface area contributed by atoms with Crippen LogP contribution in [0, 0.1) is 11.6 Å². The van der Waals surface area contributed by atoms with Crippen LogP contribution in [0.4, 0.5) is 18.4 Å². The summed E-state index contributed by atoms with van der Waals surface area (Å²) in [6.07, 6.45) is 3.04. The number of amides is 3. The summed E-state index contributed by atoms with van der Waals surface area (Å²) >= 11 is 6.05. The molecule has 2 aromatic heterocycles. The predicted octanol–water partition coefficient (Wildman–Crippen LogP) is 4.36. The van der Waals surface area contributed by atoms with Gasteiger partial charge >= 0.3 is 12.1 Å². The molecule has 3 N–H and O–H groups in total. The Morgan fingerprint density at radius 2 is 1.94 bits per heavy atom. The average Bonchev–Trinajstić information content (AvgIpc) is 3.16. The average molecular weight is 479 g/mol. The van der Waals surface area contributed by atoms with Crippen molar-refractivity contribution < 1.29 is 23.5 Å². The van der Waals surface area contributed by atoms with E-state index in [1.165, 1.54) is 36.1 Å². The molecule has 3 aromatic rings. The lowest BCUT2D eigenvalue weighted by atomic mass is 9.96. The van der Waals surface area contributed by atoms with Crippen molar-refractivity contribution in [2.24, 2.45) is 7.05 Å². The zero-order chi connectivity index (χ0) is 24.3. The topological polar surface area (TPSA) is 112 Å². The van der Waals surface area contributed by atoms with Gasteiger partial charge in [-0.2, -0.15) is 5.10 Å². The molecule has 1 atom stereocenters. The Kier molecular flexibility index (Phi) is 7.12. The van der Waals surface area contributed by atoms with Crippen LogP contribution in [0.15, 0.2) is 36.8 Å². The molecule has 0 bridgehead atoms. The first kappa shape index (κ1) is 23.9. The van der Waals surface area contributed by atoms with Crippen molar-refractivity contribution in [1.82, 2.24) is 30.5 Å². The van der Waals surface area contributed by atoms with E-state index < -0.39 is 29.8 Å². The van der Waals surface area contributed by atoms with Gasteiger partial charge in [-0.25, -0.2) is 28.8 Å². The standard InChI is InChI=1S/C21H21ClF2N6O3/c1-4-30(28-21(32)33)20(31)27-11(2)19-17(24)5-12(8-25-19)15-6-14(22)7-16(23)18(15)13-9-26-29(3)10-13/h5-11,28H,4H2,1-3H3,(H,27,31)(H,32,33). The SMILES string of the molecule is CCN(NC(=O)O)C(=O)NC(C)c1ncc(-c2cc(Cl)cc(F)c2-c2cnn(C)c2)cc1F. The molecule has 0 radical (unpaired) electrons. The molecule has 0 aliphatic heterocycles. The third kappa shape index (κ3) is 5.37. The summed E-state index contributed by atoms with van der Waals surface area (Å²) in [5, 5.41) is 16.3. The Hall–Kier alpha value is -3.73. The number of hydrogen-bond acceptors (Lipinski definition) is 4. The van der Waals surface area contributed by atoms with Crippen molar-refractivity contribution in [3.05, 3.63) is 59.1 Å². The summed E-state index contributed by atoms with van der Waals surface area (Å²) in [6, 6.07) is 2.18. The van der Waals surface area contributed by atoms with Crippen LogP contribution in [0.25, 0.3) is 22.3 Å². The van der Waals surface area contributed by atoms with Crippen molar-refractivity contribution >= 4 is 23.7 Å². The fraction of sp³-hybridized carbons (Fsp3) is 0.238. The van der Waals surface area contributed by atoms with Crippen molar-refractivity contribution in [1.29, 1.82) is 0 Å². The van der Waals surface area contributed by atoms with Gasteiger partial charge in [0.15, 0.2) is 0 Å². The number of aromatic nitrogens is 3. The van der Waals surface area contributed by atoms with Crippen LogP contribution in [0.1, 0.15) is 25.6 Å². The molecular weight excluding hydrogens is 458 g/mol. The minimum absolute atomic E-state index is 0.0527. The van der Waals surface area contributed by atoms with Gasteiger partial charge in [0.25, 0.3) is 0 Å². The molecule has 12 heteroatoms.